The van der Waals surface area contributed by atoms with Gasteiger partial charge in [0.2, 0.25) is 0 Å². The van der Waals surface area contributed by atoms with Crippen LogP contribution in [0.1, 0.15) is 107 Å². The number of hydrogen-bond acceptors (Lipinski definition) is 13. The zero-order chi connectivity index (χ0) is 48.8. The average molecular weight is 971 g/mol. The van der Waals surface area contributed by atoms with Crippen molar-refractivity contribution in [3.05, 3.63) is 75.0 Å². The van der Waals surface area contributed by atoms with Gasteiger partial charge in [-0.25, -0.2) is 18.7 Å². The van der Waals surface area contributed by atoms with Gasteiger partial charge in [-0.2, -0.15) is 9.97 Å². The number of halogens is 3. The molecule has 16 heteroatoms. The minimum Gasteiger partial charge on any atom is -0.381 e. The van der Waals surface area contributed by atoms with Crippen molar-refractivity contribution in [2.24, 2.45) is 23.7 Å². The molecule has 4 fully saturated rings. The van der Waals surface area contributed by atoms with E-state index in [1.807, 2.05) is 39.8 Å². The Hall–Kier alpha value is -4.67. The van der Waals surface area contributed by atoms with Gasteiger partial charge in [0, 0.05) is 62.4 Å². The highest BCUT2D eigenvalue weighted by molar-refractivity contribution is 6.32. The lowest BCUT2D eigenvalue weighted by Gasteiger charge is -2.41. The summed E-state index contributed by atoms with van der Waals surface area (Å²) in [5.41, 5.74) is 5.58. The molecule has 4 saturated heterocycles. The molecule has 2 N–H and O–H groups in total. The highest BCUT2D eigenvalue weighted by atomic mass is 35.5. The van der Waals surface area contributed by atoms with Gasteiger partial charge in [-0.15, -0.1) is 0 Å². The van der Waals surface area contributed by atoms with Crippen LogP contribution in [0.4, 0.5) is 14.6 Å². The fraction of sp³-hybridized carbons (Fsp3) is 0.585. The second-order valence-electron chi connectivity index (χ2n) is 19.7. The molecular weight excluding hydrogens is 900 g/mol. The van der Waals surface area contributed by atoms with E-state index in [4.69, 9.17) is 35.1 Å². The molecule has 0 saturated carbocycles. The molecule has 2 aromatic carbocycles. The third kappa shape index (κ3) is 11.9. The molecule has 0 spiro atoms. The highest BCUT2D eigenvalue weighted by Gasteiger charge is 2.33. The van der Waals surface area contributed by atoms with Crippen LogP contribution in [-0.2, 0) is 22.3 Å². The number of rotatable bonds is 9. The Bertz CT molecular complexity index is 2680. The quantitative estimate of drug-likeness (QED) is 0.133. The first-order valence-electron chi connectivity index (χ1n) is 25.2. The summed E-state index contributed by atoms with van der Waals surface area (Å²) >= 11 is 6.19. The maximum Gasteiger partial charge on any atom is 0.261 e. The number of anilines is 1. The summed E-state index contributed by atoms with van der Waals surface area (Å²) in [6.07, 6.45) is 10.1. The van der Waals surface area contributed by atoms with Gasteiger partial charge in [0.1, 0.15) is 33.6 Å². The van der Waals surface area contributed by atoms with Crippen molar-refractivity contribution in [1.29, 1.82) is 0 Å². The number of fused-ring (bicyclic) bond motifs is 2. The number of aromatic nitrogens is 6. The summed E-state index contributed by atoms with van der Waals surface area (Å²) in [6, 6.07) is 8.00. The Balaban J connectivity index is 0.000000155. The first-order chi connectivity index (χ1) is 33.3. The topological polar surface area (TPSA) is 149 Å². The molecular formula is C53H70ClF2N9O4. The van der Waals surface area contributed by atoms with Gasteiger partial charge in [-0.05, 0) is 169 Å². The van der Waals surface area contributed by atoms with E-state index in [1.54, 1.807) is 19.9 Å². The summed E-state index contributed by atoms with van der Waals surface area (Å²) < 4.78 is 51.0. The number of piperidine rings is 2. The lowest BCUT2D eigenvalue weighted by molar-refractivity contribution is 0.0527. The molecule has 8 heterocycles. The van der Waals surface area contributed by atoms with Crippen LogP contribution in [0.15, 0.2) is 33.3 Å². The summed E-state index contributed by atoms with van der Waals surface area (Å²) in [5, 5.41) is 16.8. The first kappa shape index (κ1) is 50.7. The molecule has 372 valence electrons. The van der Waals surface area contributed by atoms with Crippen molar-refractivity contribution >= 4 is 39.2 Å². The van der Waals surface area contributed by atoms with E-state index in [9.17, 15) is 4.39 Å². The molecule has 13 nitrogen and oxygen atoms in total. The zero-order valence-corrected chi connectivity index (χ0v) is 42.4. The minimum atomic E-state index is -0.373. The van der Waals surface area contributed by atoms with Gasteiger partial charge in [-0.1, -0.05) is 49.6 Å². The summed E-state index contributed by atoms with van der Waals surface area (Å²) in [4.78, 5) is 20.0. The molecule has 0 bridgehead atoms. The van der Waals surface area contributed by atoms with Crippen molar-refractivity contribution in [3.63, 3.8) is 0 Å². The van der Waals surface area contributed by atoms with Crippen LogP contribution in [0.2, 0.25) is 5.15 Å². The maximum absolute atomic E-state index is 15.1. The van der Waals surface area contributed by atoms with Gasteiger partial charge in [0.05, 0.1) is 11.1 Å². The van der Waals surface area contributed by atoms with Gasteiger partial charge in [0.25, 0.3) is 11.8 Å². The van der Waals surface area contributed by atoms with Gasteiger partial charge < -0.3 is 34.1 Å². The molecule has 69 heavy (non-hydrogen) atoms. The van der Waals surface area contributed by atoms with E-state index in [2.05, 4.69) is 54.6 Å². The Morgan fingerprint density at radius 3 is 1.83 bits per heavy atom. The van der Waals surface area contributed by atoms with Crippen molar-refractivity contribution in [2.75, 3.05) is 57.5 Å². The Kier molecular flexibility index (Phi) is 16.9. The molecule has 4 atom stereocenters. The van der Waals surface area contributed by atoms with Crippen molar-refractivity contribution < 1.29 is 27.3 Å². The fourth-order valence-corrected chi connectivity index (χ4v) is 10.8. The molecule has 0 amide bonds. The normalized spacial score (nSPS) is 21.5. The number of nitrogens with one attached hydrogen (secondary N) is 2. The van der Waals surface area contributed by atoms with Crippen LogP contribution >= 0.6 is 11.6 Å². The molecule has 0 aliphatic carbocycles. The number of pyridine rings is 2. The smallest absolute Gasteiger partial charge is 0.261 e. The highest BCUT2D eigenvalue weighted by Crippen LogP contribution is 2.39. The van der Waals surface area contributed by atoms with Gasteiger partial charge in [-0.3, -0.25) is 0 Å². The standard InChI is InChI=1S/C26H34FN5O2.C15H13ClFN3O.C12H23NO/c1-5-18-12-20-16(3)23(26-28-17(4)31-34-26)25(30-24(20)21(27)13-18)32-9-6-22(15(2)14-32)29-19-7-10-33-11-8-19;1-4-9-5-10-7(2)12(15-18-8(3)20-21-15)14(16)19-13(10)11(17)6-9;1-10-9-13-5-2-12(10)8-11-3-6-14-7-4-11/h12-13,15,19,22,29H,5-11,14H2,1-4H3;5-6H,4H2,1-3H3;10-13H,2-9H2,1H3/t15-,22+;;10-,12-/m1.1/s1. The average Bonchev–Trinajstić information content (AvgIpc) is 3.99. The summed E-state index contributed by atoms with van der Waals surface area (Å²) in [5.74, 6) is 5.12. The Morgan fingerprint density at radius 1 is 0.710 bits per heavy atom. The van der Waals surface area contributed by atoms with E-state index in [-0.39, 0.29) is 22.3 Å². The predicted molar refractivity (Wildman–Crippen MR) is 268 cm³/mol. The number of aryl methyl sites for hydroxylation is 6. The lowest BCUT2D eigenvalue weighted by atomic mass is 9.79. The Morgan fingerprint density at radius 2 is 1.28 bits per heavy atom. The van der Waals surface area contributed by atoms with E-state index < -0.39 is 0 Å². The van der Waals surface area contributed by atoms with Crippen LogP contribution in [0.5, 0.6) is 0 Å². The minimum absolute atomic E-state index is 0.159. The lowest BCUT2D eigenvalue weighted by Crippen LogP contribution is -2.52. The second kappa shape index (κ2) is 23.0. The number of benzene rings is 2. The third-order valence-electron chi connectivity index (χ3n) is 14.8. The summed E-state index contributed by atoms with van der Waals surface area (Å²) in [7, 11) is 0. The molecule has 0 radical (unpaired) electrons. The summed E-state index contributed by atoms with van der Waals surface area (Å²) in [6.45, 7) is 23.9. The van der Waals surface area contributed by atoms with Crippen LogP contribution in [-0.4, -0.2) is 94.9 Å². The monoisotopic (exact) mass is 970 g/mol. The molecule has 0 unspecified atom stereocenters. The largest absolute Gasteiger partial charge is 0.381 e. The first-order valence-corrected chi connectivity index (χ1v) is 25.6. The third-order valence-corrected chi connectivity index (χ3v) is 15.1. The van der Waals surface area contributed by atoms with Crippen molar-refractivity contribution in [1.82, 2.24) is 40.9 Å². The Labute approximate surface area is 410 Å². The predicted octanol–water partition coefficient (Wildman–Crippen LogP) is 10.9. The molecule has 4 aliphatic heterocycles. The number of ether oxygens (including phenoxy) is 2. The molecule has 6 aromatic rings. The van der Waals surface area contributed by atoms with Crippen LogP contribution in [0.25, 0.3) is 44.7 Å². The van der Waals surface area contributed by atoms with E-state index in [0.29, 0.717) is 57.9 Å². The molecule has 10 rings (SSSR count). The van der Waals surface area contributed by atoms with Crippen molar-refractivity contribution in [3.8, 4) is 22.9 Å². The second-order valence-corrected chi connectivity index (χ2v) is 20.0. The van der Waals surface area contributed by atoms with Crippen LogP contribution in [0, 0.1) is 63.0 Å². The SMILES string of the molecule is CCc1cc(F)c2nc(Cl)c(-c3nc(C)no3)c(C)c2c1.CCc1cc(F)c2nc(N3CC[C@H](NC4CCOCC4)[C@H](C)C3)c(-c3nc(C)no3)c(C)c2c1.C[C@@H]1CNCC[C@@H]1CC1CCOCC1. The molecule has 4 aliphatic rings. The molecule has 4 aromatic heterocycles. The van der Waals surface area contributed by atoms with Crippen LogP contribution < -0.4 is 15.5 Å². The van der Waals surface area contributed by atoms with Crippen molar-refractivity contribution in [2.45, 2.75) is 125 Å². The number of nitrogens with zero attached hydrogens (tertiary/aromatic N) is 7. The van der Waals surface area contributed by atoms with Crippen LogP contribution in [0.3, 0.4) is 0 Å². The van der Waals surface area contributed by atoms with E-state index >= 15 is 4.39 Å². The number of hydrogen-bond donors (Lipinski definition) is 2. The van der Waals surface area contributed by atoms with E-state index in [0.717, 1.165) is 128 Å². The van der Waals surface area contributed by atoms with E-state index in [1.165, 1.54) is 44.8 Å². The van der Waals surface area contributed by atoms with Gasteiger partial charge in [0.15, 0.2) is 11.6 Å². The van der Waals surface area contributed by atoms with Gasteiger partial charge >= 0.3 is 0 Å². The fourth-order valence-electron chi connectivity index (χ4n) is 10.5. The zero-order valence-electron chi connectivity index (χ0n) is 41.7. The maximum atomic E-state index is 15.1.